The molecule has 3 rings (SSSR count). The number of halogens is 3. The summed E-state index contributed by atoms with van der Waals surface area (Å²) in [7, 11) is 2.73. The van der Waals surface area contributed by atoms with Crippen molar-refractivity contribution in [2.45, 2.75) is 16.6 Å². The smallest absolute Gasteiger partial charge is 0.451 e. The molecule has 1 amide bonds. The van der Waals surface area contributed by atoms with Crippen LogP contribution in [0.2, 0.25) is 0 Å². The fourth-order valence-corrected chi connectivity index (χ4v) is 3.58. The molecule has 0 aliphatic rings. The molecule has 0 aliphatic carbocycles. The van der Waals surface area contributed by atoms with Gasteiger partial charge < -0.3 is 14.6 Å². The van der Waals surface area contributed by atoms with Crippen LogP contribution in [0.25, 0.3) is 0 Å². The van der Waals surface area contributed by atoms with Crippen molar-refractivity contribution in [2.75, 3.05) is 12.4 Å². The minimum atomic E-state index is -4.63. The summed E-state index contributed by atoms with van der Waals surface area (Å²) >= 11 is 0.889. The van der Waals surface area contributed by atoms with E-state index in [2.05, 4.69) is 15.5 Å². The fourth-order valence-electron chi connectivity index (χ4n) is 2.58. The number of benzene rings is 2. The highest BCUT2D eigenvalue weighted by atomic mass is 32.2. The second kappa shape index (κ2) is 8.56. The van der Waals surface area contributed by atoms with Gasteiger partial charge in [-0.1, -0.05) is 48.2 Å². The molecule has 1 N–H and O–H groups in total. The molecule has 0 aliphatic heterocycles. The number of carbonyl (C=O) groups is 1. The van der Waals surface area contributed by atoms with Crippen molar-refractivity contribution in [3.05, 3.63) is 66.0 Å². The van der Waals surface area contributed by atoms with Crippen molar-refractivity contribution >= 4 is 23.4 Å². The van der Waals surface area contributed by atoms with Gasteiger partial charge in [0.25, 0.3) is 0 Å². The lowest BCUT2D eigenvalue weighted by atomic mass is 10.1. The van der Waals surface area contributed by atoms with Crippen molar-refractivity contribution in [1.82, 2.24) is 14.8 Å². The average molecular weight is 422 g/mol. The van der Waals surface area contributed by atoms with Gasteiger partial charge in [-0.3, -0.25) is 4.79 Å². The molecule has 1 heterocycles. The van der Waals surface area contributed by atoms with Crippen molar-refractivity contribution in [1.29, 1.82) is 0 Å². The summed E-state index contributed by atoms with van der Waals surface area (Å²) in [5.74, 6) is -0.971. The highest BCUT2D eigenvalue weighted by molar-refractivity contribution is 8.00. The molecule has 1 unspecified atom stereocenters. The van der Waals surface area contributed by atoms with Gasteiger partial charge in [0.05, 0.1) is 7.11 Å². The maximum atomic E-state index is 13.0. The number of hydrogen-bond donors (Lipinski definition) is 1. The molecule has 1 atom stereocenters. The zero-order valence-electron chi connectivity index (χ0n) is 15.5. The molecule has 2 aromatic carbocycles. The summed E-state index contributed by atoms with van der Waals surface area (Å²) in [4.78, 5) is 13.0. The van der Waals surface area contributed by atoms with E-state index in [9.17, 15) is 18.0 Å². The lowest BCUT2D eigenvalue weighted by Gasteiger charge is -2.17. The third kappa shape index (κ3) is 4.89. The highest BCUT2D eigenvalue weighted by Crippen LogP contribution is 2.37. The molecule has 3 aromatic rings. The van der Waals surface area contributed by atoms with E-state index >= 15 is 0 Å². The molecule has 0 fully saturated rings. The second-order valence-corrected chi connectivity index (χ2v) is 7.06. The first-order chi connectivity index (χ1) is 13.8. The number of carbonyl (C=O) groups excluding carboxylic acids is 1. The second-order valence-electron chi connectivity index (χ2n) is 5.99. The number of nitrogens with zero attached hydrogens (tertiary/aromatic N) is 3. The predicted molar refractivity (Wildman–Crippen MR) is 103 cm³/mol. The number of aromatic nitrogens is 3. The molecule has 0 bridgehead atoms. The van der Waals surface area contributed by atoms with Crippen LogP contribution in [0.3, 0.4) is 0 Å². The Balaban J connectivity index is 1.89. The van der Waals surface area contributed by atoms with Crippen LogP contribution < -0.4 is 10.1 Å². The number of rotatable bonds is 6. The van der Waals surface area contributed by atoms with Gasteiger partial charge in [-0.2, -0.15) is 13.2 Å². The Hall–Kier alpha value is -3.01. The Morgan fingerprint density at radius 1 is 1.14 bits per heavy atom. The molecule has 1 aromatic heterocycles. The third-order valence-corrected chi connectivity index (χ3v) is 5.28. The molecule has 152 valence electrons. The van der Waals surface area contributed by atoms with Gasteiger partial charge in [-0.15, -0.1) is 10.2 Å². The first-order valence-corrected chi connectivity index (χ1v) is 9.30. The largest absolute Gasteiger partial charge is 0.497 e. The van der Waals surface area contributed by atoms with Crippen LogP contribution in [0, 0.1) is 0 Å². The summed E-state index contributed by atoms with van der Waals surface area (Å²) < 4.78 is 45.0. The maximum absolute atomic E-state index is 13.0. The minimum absolute atomic E-state index is 0.0213. The topological polar surface area (TPSA) is 69.0 Å². The lowest BCUT2D eigenvalue weighted by Crippen LogP contribution is -2.20. The van der Waals surface area contributed by atoms with Gasteiger partial charge >= 0.3 is 6.18 Å². The van der Waals surface area contributed by atoms with Crippen LogP contribution in [-0.2, 0) is 18.0 Å². The molecule has 10 heteroatoms. The zero-order valence-corrected chi connectivity index (χ0v) is 16.3. The van der Waals surface area contributed by atoms with Crippen molar-refractivity contribution in [3.8, 4) is 5.75 Å². The van der Waals surface area contributed by atoms with Crippen molar-refractivity contribution in [2.24, 2.45) is 7.05 Å². The number of hydrogen-bond acceptors (Lipinski definition) is 5. The van der Waals surface area contributed by atoms with Crippen LogP contribution in [0.5, 0.6) is 5.75 Å². The Bertz CT molecular complexity index is 993. The van der Waals surface area contributed by atoms with Gasteiger partial charge in [0.2, 0.25) is 11.7 Å². The summed E-state index contributed by atoms with van der Waals surface area (Å²) in [5, 5.41) is 8.75. The van der Waals surface area contributed by atoms with Crippen molar-refractivity contribution in [3.63, 3.8) is 0 Å². The third-order valence-electron chi connectivity index (χ3n) is 3.99. The molecule has 0 spiro atoms. The van der Waals surface area contributed by atoms with Crippen LogP contribution in [0.1, 0.15) is 16.6 Å². The first-order valence-electron chi connectivity index (χ1n) is 8.42. The number of alkyl halides is 3. The quantitative estimate of drug-likeness (QED) is 0.600. The lowest BCUT2D eigenvalue weighted by molar-refractivity contribution is -0.147. The Kier molecular flexibility index (Phi) is 6.12. The van der Waals surface area contributed by atoms with E-state index in [0.717, 1.165) is 16.3 Å². The molecule has 29 heavy (non-hydrogen) atoms. The first kappa shape index (κ1) is 20.7. The summed E-state index contributed by atoms with van der Waals surface area (Å²) in [6, 6.07) is 15.5. The van der Waals surface area contributed by atoms with Gasteiger partial charge in [0.1, 0.15) is 11.0 Å². The molecule has 6 nitrogen and oxygen atoms in total. The minimum Gasteiger partial charge on any atom is -0.497 e. The summed E-state index contributed by atoms with van der Waals surface area (Å²) in [5.41, 5.74) is 1.12. The summed E-state index contributed by atoms with van der Waals surface area (Å²) in [6.07, 6.45) is -4.63. The standard InChI is InChI=1S/C19H17F3N4O2S/c1-26-17(19(20,21)22)24-25-18(26)29-15(12-7-4-3-5-8-12)16(27)23-13-9-6-10-14(11-13)28-2/h3-11,15H,1-2H3,(H,23,27). The maximum Gasteiger partial charge on any atom is 0.451 e. The van der Waals surface area contributed by atoms with Gasteiger partial charge in [0, 0.05) is 18.8 Å². The Morgan fingerprint density at radius 2 is 1.86 bits per heavy atom. The Morgan fingerprint density at radius 3 is 2.48 bits per heavy atom. The number of anilines is 1. The molecule has 0 saturated heterocycles. The van der Waals surface area contributed by atoms with Crippen LogP contribution in [0.15, 0.2) is 59.8 Å². The number of ether oxygens (including phenoxy) is 1. The predicted octanol–water partition coefficient (Wildman–Crippen LogP) is 4.31. The number of amides is 1. The van der Waals surface area contributed by atoms with Gasteiger partial charge in [-0.05, 0) is 17.7 Å². The normalized spacial score (nSPS) is 12.4. The number of methoxy groups -OCH3 is 1. The molecule has 0 saturated carbocycles. The van der Waals surface area contributed by atoms with Crippen LogP contribution in [0.4, 0.5) is 18.9 Å². The summed E-state index contributed by atoms with van der Waals surface area (Å²) in [6.45, 7) is 0. The van der Waals surface area contributed by atoms with E-state index in [1.54, 1.807) is 54.6 Å². The van der Waals surface area contributed by atoms with E-state index < -0.39 is 23.2 Å². The monoisotopic (exact) mass is 422 g/mol. The van der Waals surface area contributed by atoms with E-state index in [0.29, 0.717) is 17.0 Å². The van der Waals surface area contributed by atoms with Crippen LogP contribution in [-0.4, -0.2) is 27.8 Å². The molecule has 0 radical (unpaired) electrons. The van der Waals surface area contributed by atoms with E-state index in [-0.39, 0.29) is 5.16 Å². The fraction of sp³-hybridized carbons (Fsp3) is 0.211. The molecular weight excluding hydrogens is 405 g/mol. The van der Waals surface area contributed by atoms with E-state index in [4.69, 9.17) is 4.74 Å². The average Bonchev–Trinajstić information content (AvgIpc) is 3.07. The van der Waals surface area contributed by atoms with E-state index in [1.165, 1.54) is 14.2 Å². The number of thioether (sulfide) groups is 1. The van der Waals surface area contributed by atoms with E-state index in [1.807, 2.05) is 0 Å². The van der Waals surface area contributed by atoms with Crippen molar-refractivity contribution < 1.29 is 22.7 Å². The van der Waals surface area contributed by atoms with Gasteiger partial charge in [-0.25, -0.2) is 0 Å². The SMILES string of the molecule is COc1cccc(NC(=O)C(Sc2nnc(C(F)(F)F)n2C)c2ccccc2)c1. The Labute approximate surface area is 169 Å². The number of nitrogens with one attached hydrogen (secondary N) is 1. The zero-order chi connectivity index (χ0) is 21.0. The molecular formula is C19H17F3N4O2S. The van der Waals surface area contributed by atoms with Crippen LogP contribution >= 0.6 is 11.8 Å². The highest BCUT2D eigenvalue weighted by Gasteiger charge is 2.38. The van der Waals surface area contributed by atoms with Gasteiger partial charge in [0.15, 0.2) is 5.16 Å².